The van der Waals surface area contributed by atoms with Crippen LogP contribution >= 0.6 is 23.4 Å². The molecule has 0 aromatic heterocycles. The molecule has 3 nitrogen and oxygen atoms in total. The maximum Gasteiger partial charge on any atom is 0.323 e. The normalized spacial score (nSPS) is 14.3. The smallest absolute Gasteiger partial charge is 0.323 e. The predicted molar refractivity (Wildman–Crippen MR) is 71.6 cm³/mol. The Morgan fingerprint density at radius 3 is 2.88 bits per heavy atom. The summed E-state index contributed by atoms with van der Waals surface area (Å²) in [7, 11) is 0. The standard InChI is InChI=1S/C12H16ClNO2S/c1-12(14,11(15)16)6-3-7-17-10-5-2-4-9(13)8-10/h2,4-5,8H,3,6-7,14H2,1H3,(H,15,16). The number of thioether (sulfide) groups is 1. The molecule has 0 aliphatic rings. The van der Waals surface area contributed by atoms with Gasteiger partial charge in [-0.1, -0.05) is 17.7 Å². The zero-order valence-corrected chi connectivity index (χ0v) is 11.2. The molecule has 94 valence electrons. The Hall–Kier alpha value is -0.710. The van der Waals surface area contributed by atoms with Gasteiger partial charge in [0, 0.05) is 9.92 Å². The summed E-state index contributed by atoms with van der Waals surface area (Å²) in [4.78, 5) is 11.9. The Labute approximate surface area is 110 Å². The van der Waals surface area contributed by atoms with Crippen molar-refractivity contribution in [3.8, 4) is 0 Å². The van der Waals surface area contributed by atoms with Crippen LogP contribution in [0.15, 0.2) is 29.2 Å². The summed E-state index contributed by atoms with van der Waals surface area (Å²) >= 11 is 7.51. The van der Waals surface area contributed by atoms with Crippen LogP contribution in [0, 0.1) is 0 Å². The monoisotopic (exact) mass is 273 g/mol. The number of hydrogen-bond acceptors (Lipinski definition) is 3. The number of aliphatic carboxylic acids is 1. The fraction of sp³-hybridized carbons (Fsp3) is 0.417. The van der Waals surface area contributed by atoms with E-state index in [1.807, 2.05) is 24.3 Å². The number of carbonyl (C=O) groups is 1. The van der Waals surface area contributed by atoms with E-state index in [1.54, 1.807) is 18.7 Å². The minimum Gasteiger partial charge on any atom is -0.480 e. The molecule has 1 aromatic carbocycles. The van der Waals surface area contributed by atoms with Crippen LogP contribution in [0.3, 0.4) is 0 Å². The molecule has 0 aliphatic heterocycles. The van der Waals surface area contributed by atoms with Crippen LogP contribution in [0.5, 0.6) is 0 Å². The molecule has 0 radical (unpaired) electrons. The number of rotatable bonds is 6. The van der Waals surface area contributed by atoms with E-state index in [9.17, 15) is 4.79 Å². The Morgan fingerprint density at radius 1 is 1.59 bits per heavy atom. The molecule has 5 heteroatoms. The van der Waals surface area contributed by atoms with E-state index < -0.39 is 11.5 Å². The molecule has 3 N–H and O–H groups in total. The number of nitrogens with two attached hydrogens (primary N) is 1. The molecule has 0 aliphatic carbocycles. The third kappa shape index (κ3) is 4.98. The van der Waals surface area contributed by atoms with Crippen molar-refractivity contribution >= 4 is 29.3 Å². The summed E-state index contributed by atoms with van der Waals surface area (Å²) in [6.07, 6.45) is 1.23. The van der Waals surface area contributed by atoms with Gasteiger partial charge < -0.3 is 10.8 Å². The lowest BCUT2D eigenvalue weighted by Crippen LogP contribution is -2.44. The van der Waals surface area contributed by atoms with Gasteiger partial charge in [-0.2, -0.15) is 0 Å². The van der Waals surface area contributed by atoms with Gasteiger partial charge in [-0.15, -0.1) is 11.8 Å². The second kappa shape index (κ2) is 6.28. The lowest BCUT2D eigenvalue weighted by molar-refractivity contribution is -0.142. The predicted octanol–water partition coefficient (Wildman–Crippen LogP) is 3.01. The van der Waals surface area contributed by atoms with Gasteiger partial charge in [0.25, 0.3) is 0 Å². The van der Waals surface area contributed by atoms with Gasteiger partial charge in [0.2, 0.25) is 0 Å². The molecule has 0 spiro atoms. The first-order valence-corrected chi connectivity index (χ1v) is 6.69. The number of carboxylic acid groups (broad SMARTS) is 1. The van der Waals surface area contributed by atoms with Crippen molar-refractivity contribution in [2.75, 3.05) is 5.75 Å². The van der Waals surface area contributed by atoms with Gasteiger partial charge in [0.1, 0.15) is 5.54 Å². The Kier molecular flexibility index (Phi) is 5.31. The average Bonchev–Trinajstić information content (AvgIpc) is 2.24. The van der Waals surface area contributed by atoms with Crippen LogP contribution < -0.4 is 5.73 Å². The molecule has 0 fully saturated rings. The van der Waals surface area contributed by atoms with Crippen molar-refractivity contribution in [3.05, 3.63) is 29.3 Å². The van der Waals surface area contributed by atoms with Crippen molar-refractivity contribution in [1.82, 2.24) is 0 Å². The van der Waals surface area contributed by atoms with Crippen LogP contribution in [0.1, 0.15) is 19.8 Å². The molecule has 17 heavy (non-hydrogen) atoms. The molecule has 1 rings (SSSR count). The van der Waals surface area contributed by atoms with Crippen molar-refractivity contribution < 1.29 is 9.90 Å². The van der Waals surface area contributed by atoms with Gasteiger partial charge in [0.05, 0.1) is 0 Å². The molecule has 1 aromatic rings. The van der Waals surface area contributed by atoms with E-state index in [0.29, 0.717) is 11.4 Å². The highest BCUT2D eigenvalue weighted by molar-refractivity contribution is 7.99. The molecular weight excluding hydrogens is 258 g/mol. The van der Waals surface area contributed by atoms with Crippen molar-refractivity contribution in [1.29, 1.82) is 0 Å². The maximum absolute atomic E-state index is 10.8. The summed E-state index contributed by atoms with van der Waals surface area (Å²) in [6, 6.07) is 7.60. The van der Waals surface area contributed by atoms with Gasteiger partial charge >= 0.3 is 5.97 Å². The Bertz CT molecular complexity index is 396. The molecule has 0 saturated heterocycles. The van der Waals surface area contributed by atoms with Crippen LogP contribution in [-0.2, 0) is 4.79 Å². The first-order chi connectivity index (χ1) is 7.92. The summed E-state index contributed by atoms with van der Waals surface area (Å²) < 4.78 is 0. The first kappa shape index (κ1) is 14.4. The fourth-order valence-electron chi connectivity index (χ4n) is 1.29. The number of hydrogen-bond donors (Lipinski definition) is 2. The van der Waals surface area contributed by atoms with Gasteiger partial charge in [-0.25, -0.2) is 0 Å². The van der Waals surface area contributed by atoms with E-state index in [-0.39, 0.29) is 0 Å². The fourth-order valence-corrected chi connectivity index (χ4v) is 2.46. The zero-order chi connectivity index (χ0) is 12.9. The van der Waals surface area contributed by atoms with E-state index in [4.69, 9.17) is 22.4 Å². The van der Waals surface area contributed by atoms with Crippen molar-refractivity contribution in [2.24, 2.45) is 5.73 Å². The quantitative estimate of drug-likeness (QED) is 0.618. The molecule has 1 atom stereocenters. The zero-order valence-electron chi connectivity index (χ0n) is 9.65. The highest BCUT2D eigenvalue weighted by Gasteiger charge is 2.26. The van der Waals surface area contributed by atoms with Crippen molar-refractivity contribution in [2.45, 2.75) is 30.2 Å². The Morgan fingerprint density at radius 2 is 2.29 bits per heavy atom. The maximum atomic E-state index is 10.8. The van der Waals surface area contributed by atoms with E-state index >= 15 is 0 Å². The second-order valence-corrected chi connectivity index (χ2v) is 5.74. The van der Waals surface area contributed by atoms with E-state index in [1.165, 1.54) is 0 Å². The first-order valence-electron chi connectivity index (χ1n) is 5.32. The molecule has 0 bridgehead atoms. The van der Waals surface area contributed by atoms with Gasteiger partial charge in [-0.3, -0.25) is 4.79 Å². The van der Waals surface area contributed by atoms with Crippen LogP contribution in [-0.4, -0.2) is 22.4 Å². The largest absolute Gasteiger partial charge is 0.480 e. The SMILES string of the molecule is CC(N)(CCCSc1cccc(Cl)c1)C(=O)O. The number of carboxylic acids is 1. The molecular formula is C12H16ClNO2S. The lowest BCUT2D eigenvalue weighted by Gasteiger charge is -2.18. The number of benzene rings is 1. The average molecular weight is 274 g/mol. The third-order valence-electron chi connectivity index (χ3n) is 2.39. The summed E-state index contributed by atoms with van der Waals surface area (Å²) in [5.74, 6) is -0.120. The minimum atomic E-state index is -1.13. The van der Waals surface area contributed by atoms with Crippen LogP contribution in [0.2, 0.25) is 5.02 Å². The van der Waals surface area contributed by atoms with Gasteiger partial charge in [-0.05, 0) is 43.7 Å². The summed E-state index contributed by atoms with van der Waals surface area (Å²) in [5, 5.41) is 9.56. The highest BCUT2D eigenvalue weighted by atomic mass is 35.5. The summed E-state index contributed by atoms with van der Waals surface area (Å²) in [5.41, 5.74) is 4.50. The summed E-state index contributed by atoms with van der Waals surface area (Å²) in [6.45, 7) is 1.54. The lowest BCUT2D eigenvalue weighted by atomic mass is 9.98. The van der Waals surface area contributed by atoms with E-state index in [2.05, 4.69) is 0 Å². The molecule has 0 amide bonds. The Balaban J connectivity index is 2.32. The molecule has 0 saturated carbocycles. The van der Waals surface area contributed by atoms with Gasteiger partial charge in [0.15, 0.2) is 0 Å². The molecule has 0 heterocycles. The minimum absolute atomic E-state index is 0.468. The van der Waals surface area contributed by atoms with Crippen LogP contribution in [0.25, 0.3) is 0 Å². The molecule has 1 unspecified atom stereocenters. The van der Waals surface area contributed by atoms with Crippen LogP contribution in [0.4, 0.5) is 0 Å². The highest BCUT2D eigenvalue weighted by Crippen LogP contribution is 2.23. The number of halogens is 1. The second-order valence-electron chi connectivity index (χ2n) is 4.13. The van der Waals surface area contributed by atoms with Crippen molar-refractivity contribution in [3.63, 3.8) is 0 Å². The topological polar surface area (TPSA) is 63.3 Å². The van der Waals surface area contributed by atoms with E-state index in [0.717, 1.165) is 17.1 Å². The third-order valence-corrected chi connectivity index (χ3v) is 3.71.